The number of halogens is 2. The van der Waals surface area contributed by atoms with E-state index < -0.39 is 0 Å². The van der Waals surface area contributed by atoms with Crippen LogP contribution in [0.2, 0.25) is 5.02 Å². The maximum absolute atomic E-state index is 11.7. The van der Waals surface area contributed by atoms with Crippen LogP contribution in [0.4, 0.5) is 10.5 Å². The molecule has 2 amide bonds. The number of rotatable bonds is 3. The molecule has 0 heterocycles. The third-order valence-electron chi connectivity index (χ3n) is 2.50. The van der Waals surface area contributed by atoms with Gasteiger partial charge in [0, 0.05) is 20.8 Å². The Morgan fingerprint density at radius 3 is 2.47 bits per heavy atom. The number of hydrogen-bond acceptors (Lipinski definition) is 1. The van der Waals surface area contributed by atoms with Gasteiger partial charge in [-0.25, -0.2) is 4.79 Å². The Bertz CT molecular complexity index is 572. The third kappa shape index (κ3) is 4.40. The van der Waals surface area contributed by atoms with Gasteiger partial charge in [-0.05, 0) is 58.5 Å². The van der Waals surface area contributed by atoms with Crippen molar-refractivity contribution in [1.82, 2.24) is 5.32 Å². The molecule has 0 saturated heterocycles. The van der Waals surface area contributed by atoms with E-state index in [1.54, 1.807) is 6.07 Å². The Kier molecular flexibility index (Phi) is 5.04. The molecule has 0 radical (unpaired) electrons. The molecule has 0 aliphatic rings. The maximum atomic E-state index is 11.7. The molecule has 0 fully saturated rings. The minimum atomic E-state index is -0.249. The Hall–Kier alpha value is -1.27. The molecule has 0 unspecified atom stereocenters. The van der Waals surface area contributed by atoms with Crippen molar-refractivity contribution in [2.75, 3.05) is 5.32 Å². The summed E-state index contributed by atoms with van der Waals surface area (Å²) in [6.45, 7) is 0.399. The van der Waals surface area contributed by atoms with Crippen molar-refractivity contribution in [2.45, 2.75) is 6.54 Å². The Labute approximate surface area is 130 Å². The Balaban J connectivity index is 1.88. The van der Waals surface area contributed by atoms with Crippen molar-refractivity contribution >= 4 is 45.9 Å². The zero-order valence-electron chi connectivity index (χ0n) is 9.99. The molecule has 0 aliphatic carbocycles. The van der Waals surface area contributed by atoms with Gasteiger partial charge in [-0.2, -0.15) is 0 Å². The van der Waals surface area contributed by atoms with Gasteiger partial charge < -0.3 is 10.6 Å². The van der Waals surface area contributed by atoms with E-state index in [0.29, 0.717) is 11.6 Å². The van der Waals surface area contributed by atoms with E-state index in [1.807, 2.05) is 42.5 Å². The summed E-state index contributed by atoms with van der Waals surface area (Å²) in [5, 5.41) is 6.18. The fourth-order valence-electron chi connectivity index (χ4n) is 1.53. The van der Waals surface area contributed by atoms with Crippen molar-refractivity contribution in [3.63, 3.8) is 0 Å². The van der Waals surface area contributed by atoms with Gasteiger partial charge in [-0.1, -0.05) is 29.8 Å². The topological polar surface area (TPSA) is 41.1 Å². The van der Waals surface area contributed by atoms with Crippen molar-refractivity contribution in [3.05, 3.63) is 62.7 Å². The van der Waals surface area contributed by atoms with Crippen molar-refractivity contribution < 1.29 is 4.79 Å². The summed E-state index contributed by atoms with van der Waals surface area (Å²) >= 11 is 8.23. The van der Waals surface area contributed by atoms with Gasteiger partial charge in [0.05, 0.1) is 0 Å². The first-order chi connectivity index (χ1) is 9.15. The number of anilines is 1. The number of carbonyl (C=O) groups excluding carboxylic acids is 1. The van der Waals surface area contributed by atoms with Gasteiger partial charge in [0.2, 0.25) is 0 Å². The SMILES string of the molecule is O=C(NCc1ccccc1Cl)Nc1ccc(I)cc1. The van der Waals surface area contributed by atoms with E-state index in [0.717, 1.165) is 14.8 Å². The lowest BCUT2D eigenvalue weighted by atomic mass is 10.2. The lowest BCUT2D eigenvalue weighted by Gasteiger charge is -2.08. The van der Waals surface area contributed by atoms with Crippen LogP contribution in [0.15, 0.2) is 48.5 Å². The zero-order chi connectivity index (χ0) is 13.7. The minimum absolute atomic E-state index is 0.249. The smallest absolute Gasteiger partial charge is 0.319 e. The van der Waals surface area contributed by atoms with Gasteiger partial charge in [-0.15, -0.1) is 0 Å². The molecule has 3 nitrogen and oxygen atoms in total. The van der Waals surface area contributed by atoms with Crippen LogP contribution in [0, 0.1) is 3.57 Å². The van der Waals surface area contributed by atoms with Crippen LogP contribution in [-0.2, 0) is 6.54 Å². The predicted octanol–water partition coefficient (Wildman–Crippen LogP) is 4.27. The van der Waals surface area contributed by atoms with Gasteiger partial charge in [-0.3, -0.25) is 0 Å². The fraction of sp³-hybridized carbons (Fsp3) is 0.0714. The summed E-state index contributed by atoms with van der Waals surface area (Å²) in [4.78, 5) is 11.7. The average molecular weight is 387 g/mol. The number of nitrogens with one attached hydrogen (secondary N) is 2. The van der Waals surface area contributed by atoms with Crippen LogP contribution in [0.1, 0.15) is 5.56 Å². The molecule has 0 aromatic heterocycles. The summed E-state index contributed by atoms with van der Waals surface area (Å²) in [6.07, 6.45) is 0. The van der Waals surface area contributed by atoms with E-state index in [2.05, 4.69) is 33.2 Å². The molecule has 0 bridgehead atoms. The van der Waals surface area contributed by atoms with Gasteiger partial charge in [0.15, 0.2) is 0 Å². The number of amides is 2. The molecule has 5 heteroatoms. The summed E-state index contributed by atoms with van der Waals surface area (Å²) in [6, 6.07) is 14.8. The molecule has 0 aliphatic heterocycles. The van der Waals surface area contributed by atoms with Crippen LogP contribution >= 0.6 is 34.2 Å². The Morgan fingerprint density at radius 2 is 1.79 bits per heavy atom. The molecule has 2 N–H and O–H groups in total. The van der Waals surface area contributed by atoms with Crippen LogP contribution in [-0.4, -0.2) is 6.03 Å². The molecular weight excluding hydrogens is 375 g/mol. The number of hydrogen-bond donors (Lipinski definition) is 2. The van der Waals surface area contributed by atoms with Crippen LogP contribution in [0.25, 0.3) is 0 Å². The van der Waals surface area contributed by atoms with E-state index in [9.17, 15) is 4.79 Å². The first kappa shape index (κ1) is 14.1. The highest BCUT2D eigenvalue weighted by Gasteiger charge is 2.03. The molecule has 2 aromatic carbocycles. The second kappa shape index (κ2) is 6.77. The summed E-state index contributed by atoms with van der Waals surface area (Å²) in [7, 11) is 0. The molecule has 98 valence electrons. The van der Waals surface area contributed by atoms with Crippen LogP contribution in [0.3, 0.4) is 0 Å². The normalized spacial score (nSPS) is 10.0. The van der Waals surface area contributed by atoms with Gasteiger partial charge >= 0.3 is 6.03 Å². The molecular formula is C14H12ClIN2O. The first-order valence-electron chi connectivity index (χ1n) is 5.69. The van der Waals surface area contributed by atoms with Gasteiger partial charge in [0.25, 0.3) is 0 Å². The summed E-state index contributed by atoms with van der Waals surface area (Å²) < 4.78 is 1.12. The molecule has 2 aromatic rings. The number of carbonyl (C=O) groups is 1. The van der Waals surface area contributed by atoms with E-state index >= 15 is 0 Å². The fourth-order valence-corrected chi connectivity index (χ4v) is 2.09. The second-order valence-electron chi connectivity index (χ2n) is 3.91. The molecule has 0 spiro atoms. The minimum Gasteiger partial charge on any atom is -0.334 e. The quantitative estimate of drug-likeness (QED) is 0.760. The monoisotopic (exact) mass is 386 g/mol. The van der Waals surface area contributed by atoms with Crippen molar-refractivity contribution in [1.29, 1.82) is 0 Å². The van der Waals surface area contributed by atoms with Crippen LogP contribution < -0.4 is 10.6 Å². The maximum Gasteiger partial charge on any atom is 0.319 e. The highest BCUT2D eigenvalue weighted by molar-refractivity contribution is 14.1. The van der Waals surface area contributed by atoms with E-state index in [1.165, 1.54) is 0 Å². The van der Waals surface area contributed by atoms with Crippen molar-refractivity contribution in [2.24, 2.45) is 0 Å². The third-order valence-corrected chi connectivity index (χ3v) is 3.59. The number of benzene rings is 2. The highest BCUT2D eigenvalue weighted by atomic mass is 127. The van der Waals surface area contributed by atoms with Crippen LogP contribution in [0.5, 0.6) is 0 Å². The second-order valence-corrected chi connectivity index (χ2v) is 5.56. The largest absolute Gasteiger partial charge is 0.334 e. The molecule has 0 atom stereocenters. The standard InChI is InChI=1S/C14H12ClIN2O/c15-13-4-2-1-3-10(13)9-17-14(19)18-12-7-5-11(16)6-8-12/h1-8H,9H2,(H2,17,18,19). The molecule has 2 rings (SSSR count). The summed E-state index contributed by atoms with van der Waals surface area (Å²) in [5.41, 5.74) is 1.65. The first-order valence-corrected chi connectivity index (χ1v) is 7.14. The molecule has 0 saturated carbocycles. The lowest BCUT2D eigenvalue weighted by Crippen LogP contribution is -2.28. The molecule has 19 heavy (non-hydrogen) atoms. The average Bonchev–Trinajstić information content (AvgIpc) is 2.40. The summed E-state index contributed by atoms with van der Waals surface area (Å²) in [5.74, 6) is 0. The zero-order valence-corrected chi connectivity index (χ0v) is 12.9. The lowest BCUT2D eigenvalue weighted by molar-refractivity contribution is 0.252. The Morgan fingerprint density at radius 1 is 1.11 bits per heavy atom. The van der Waals surface area contributed by atoms with E-state index in [4.69, 9.17) is 11.6 Å². The predicted molar refractivity (Wildman–Crippen MR) is 86.5 cm³/mol. The van der Waals surface area contributed by atoms with E-state index in [-0.39, 0.29) is 6.03 Å². The number of urea groups is 1. The van der Waals surface area contributed by atoms with Crippen molar-refractivity contribution in [3.8, 4) is 0 Å². The van der Waals surface area contributed by atoms with Gasteiger partial charge in [0.1, 0.15) is 0 Å². The highest BCUT2D eigenvalue weighted by Crippen LogP contribution is 2.14.